The fourth-order valence-electron chi connectivity index (χ4n) is 2.85. The molecule has 3 heteroatoms. The second-order valence-corrected chi connectivity index (χ2v) is 5.45. The fraction of sp³-hybridized carbons (Fsp3) is 0.389. The Morgan fingerprint density at radius 3 is 3.00 bits per heavy atom. The second kappa shape index (κ2) is 6.72. The second-order valence-electron chi connectivity index (χ2n) is 5.45. The monoisotopic (exact) mass is 282 g/mol. The molecule has 21 heavy (non-hydrogen) atoms. The van der Waals surface area contributed by atoms with Crippen molar-refractivity contribution in [1.29, 1.82) is 0 Å². The van der Waals surface area contributed by atoms with Crippen molar-refractivity contribution in [1.82, 2.24) is 10.3 Å². The summed E-state index contributed by atoms with van der Waals surface area (Å²) in [6.07, 6.45) is 3.54. The van der Waals surface area contributed by atoms with E-state index in [1.165, 1.54) is 17.5 Å². The minimum atomic E-state index is 0.136. The maximum Gasteiger partial charge on any atom is 0.214 e. The number of aromatic nitrogens is 1. The van der Waals surface area contributed by atoms with Crippen molar-refractivity contribution in [2.24, 2.45) is 0 Å². The van der Waals surface area contributed by atoms with Crippen molar-refractivity contribution < 1.29 is 4.74 Å². The van der Waals surface area contributed by atoms with Crippen LogP contribution in [-0.4, -0.2) is 11.5 Å². The smallest absolute Gasteiger partial charge is 0.214 e. The van der Waals surface area contributed by atoms with Gasteiger partial charge in [0.1, 0.15) is 6.10 Å². The van der Waals surface area contributed by atoms with Crippen LogP contribution < -0.4 is 10.1 Å². The Morgan fingerprint density at radius 1 is 1.19 bits per heavy atom. The summed E-state index contributed by atoms with van der Waals surface area (Å²) in [4.78, 5) is 4.59. The summed E-state index contributed by atoms with van der Waals surface area (Å²) in [5.74, 6) is 0.729. The SMILES string of the molecule is CCNCc1cccc(OC2CCCc3ccccc32)n1. The van der Waals surface area contributed by atoms with Gasteiger partial charge in [-0.15, -0.1) is 0 Å². The zero-order valence-corrected chi connectivity index (χ0v) is 12.5. The van der Waals surface area contributed by atoms with Crippen molar-refractivity contribution in [2.45, 2.75) is 38.8 Å². The van der Waals surface area contributed by atoms with E-state index in [4.69, 9.17) is 4.74 Å². The topological polar surface area (TPSA) is 34.1 Å². The van der Waals surface area contributed by atoms with Crippen LogP contribution in [0.25, 0.3) is 0 Å². The Bertz CT molecular complexity index is 597. The summed E-state index contributed by atoms with van der Waals surface area (Å²) in [6, 6.07) is 14.6. The van der Waals surface area contributed by atoms with Gasteiger partial charge in [0, 0.05) is 12.6 Å². The molecule has 1 aliphatic carbocycles. The van der Waals surface area contributed by atoms with Crippen molar-refractivity contribution in [3.63, 3.8) is 0 Å². The van der Waals surface area contributed by atoms with E-state index in [1.807, 2.05) is 18.2 Å². The lowest BCUT2D eigenvalue weighted by molar-refractivity contribution is 0.175. The number of rotatable bonds is 5. The predicted octanol–water partition coefficient (Wildman–Crippen LogP) is 3.65. The molecule has 2 aromatic rings. The highest BCUT2D eigenvalue weighted by molar-refractivity contribution is 5.32. The number of benzene rings is 1. The molecule has 0 saturated heterocycles. The Balaban J connectivity index is 1.75. The standard InChI is InChI=1S/C18H22N2O/c1-2-19-13-15-9-6-12-18(20-15)21-17-11-5-8-14-7-3-4-10-16(14)17/h3-4,6-7,9-10,12,17,19H,2,5,8,11,13H2,1H3. The third-order valence-electron chi connectivity index (χ3n) is 3.91. The number of pyridine rings is 1. The molecule has 3 nitrogen and oxygen atoms in total. The van der Waals surface area contributed by atoms with Gasteiger partial charge in [0.15, 0.2) is 0 Å². The molecule has 110 valence electrons. The van der Waals surface area contributed by atoms with Gasteiger partial charge in [0.2, 0.25) is 5.88 Å². The first-order chi connectivity index (χ1) is 10.4. The molecular weight excluding hydrogens is 260 g/mol. The van der Waals surface area contributed by atoms with Crippen LogP contribution in [-0.2, 0) is 13.0 Å². The number of ether oxygens (including phenoxy) is 1. The van der Waals surface area contributed by atoms with E-state index in [0.717, 1.165) is 37.5 Å². The zero-order chi connectivity index (χ0) is 14.5. The van der Waals surface area contributed by atoms with Gasteiger partial charge in [0.05, 0.1) is 5.69 Å². The van der Waals surface area contributed by atoms with Gasteiger partial charge in [0.25, 0.3) is 0 Å². The highest BCUT2D eigenvalue weighted by atomic mass is 16.5. The number of nitrogens with one attached hydrogen (secondary N) is 1. The van der Waals surface area contributed by atoms with Crippen molar-refractivity contribution in [2.75, 3.05) is 6.54 Å². The van der Waals surface area contributed by atoms with Crippen LogP contribution in [0.4, 0.5) is 0 Å². The first kappa shape index (κ1) is 14.1. The number of hydrogen-bond acceptors (Lipinski definition) is 3. The quantitative estimate of drug-likeness (QED) is 0.909. The highest BCUT2D eigenvalue weighted by Gasteiger charge is 2.21. The molecule has 0 bridgehead atoms. The summed E-state index contributed by atoms with van der Waals surface area (Å²) in [5, 5.41) is 3.29. The third-order valence-corrected chi connectivity index (χ3v) is 3.91. The highest BCUT2D eigenvalue weighted by Crippen LogP contribution is 2.32. The summed E-state index contributed by atoms with van der Waals surface area (Å²) < 4.78 is 6.16. The van der Waals surface area contributed by atoms with Crippen LogP contribution in [0.5, 0.6) is 5.88 Å². The molecule has 1 atom stereocenters. The number of fused-ring (bicyclic) bond motifs is 1. The lowest BCUT2D eigenvalue weighted by atomic mass is 9.89. The van der Waals surface area contributed by atoms with E-state index < -0.39 is 0 Å². The molecule has 1 N–H and O–H groups in total. The molecule has 1 aromatic heterocycles. The molecule has 1 aliphatic rings. The van der Waals surface area contributed by atoms with E-state index in [1.54, 1.807) is 0 Å². The van der Waals surface area contributed by atoms with Crippen LogP contribution in [0, 0.1) is 0 Å². The Morgan fingerprint density at radius 2 is 2.10 bits per heavy atom. The lowest BCUT2D eigenvalue weighted by Crippen LogP contribution is -2.16. The molecule has 3 rings (SSSR count). The molecule has 0 spiro atoms. The molecule has 0 amide bonds. The van der Waals surface area contributed by atoms with Gasteiger partial charge >= 0.3 is 0 Å². The Labute approximate surface area is 126 Å². The average molecular weight is 282 g/mol. The van der Waals surface area contributed by atoms with Gasteiger partial charge in [-0.05, 0) is 43.0 Å². The van der Waals surface area contributed by atoms with E-state index in [0.29, 0.717) is 0 Å². The number of aryl methyl sites for hydroxylation is 1. The molecule has 0 fully saturated rings. The fourth-order valence-corrected chi connectivity index (χ4v) is 2.85. The largest absolute Gasteiger partial charge is 0.469 e. The van der Waals surface area contributed by atoms with Crippen LogP contribution in [0.2, 0.25) is 0 Å². The van der Waals surface area contributed by atoms with E-state index >= 15 is 0 Å². The van der Waals surface area contributed by atoms with Gasteiger partial charge < -0.3 is 10.1 Å². The van der Waals surface area contributed by atoms with Gasteiger partial charge in [-0.2, -0.15) is 0 Å². The van der Waals surface area contributed by atoms with E-state index in [-0.39, 0.29) is 6.10 Å². The molecule has 1 heterocycles. The summed E-state index contributed by atoms with van der Waals surface area (Å²) in [5.41, 5.74) is 3.76. The van der Waals surface area contributed by atoms with Gasteiger partial charge in [-0.1, -0.05) is 37.3 Å². The normalized spacial score (nSPS) is 17.3. The predicted molar refractivity (Wildman–Crippen MR) is 84.4 cm³/mol. The van der Waals surface area contributed by atoms with E-state index in [2.05, 4.69) is 41.5 Å². The zero-order valence-electron chi connectivity index (χ0n) is 12.5. The molecule has 1 aromatic carbocycles. The van der Waals surface area contributed by atoms with Crippen molar-refractivity contribution >= 4 is 0 Å². The van der Waals surface area contributed by atoms with Gasteiger partial charge in [-0.25, -0.2) is 4.98 Å². The van der Waals surface area contributed by atoms with Crippen LogP contribution in [0.3, 0.4) is 0 Å². The molecule has 1 unspecified atom stereocenters. The molecule has 0 radical (unpaired) electrons. The first-order valence-corrected chi connectivity index (χ1v) is 7.78. The molecule has 0 aliphatic heterocycles. The number of nitrogens with zero attached hydrogens (tertiary/aromatic N) is 1. The van der Waals surface area contributed by atoms with Crippen LogP contribution in [0.15, 0.2) is 42.5 Å². The third kappa shape index (κ3) is 3.42. The van der Waals surface area contributed by atoms with Crippen molar-refractivity contribution in [3.05, 3.63) is 59.3 Å². The maximum atomic E-state index is 6.16. The molecular formula is C18H22N2O. The minimum absolute atomic E-state index is 0.136. The number of hydrogen-bond donors (Lipinski definition) is 1. The van der Waals surface area contributed by atoms with E-state index in [9.17, 15) is 0 Å². The van der Waals surface area contributed by atoms with Crippen LogP contribution >= 0.6 is 0 Å². The lowest BCUT2D eigenvalue weighted by Gasteiger charge is -2.25. The molecule has 0 saturated carbocycles. The maximum absolute atomic E-state index is 6.16. The first-order valence-electron chi connectivity index (χ1n) is 7.78. The average Bonchev–Trinajstić information content (AvgIpc) is 2.54. The minimum Gasteiger partial charge on any atom is -0.469 e. The summed E-state index contributed by atoms with van der Waals surface area (Å²) >= 11 is 0. The van der Waals surface area contributed by atoms with Crippen LogP contribution in [0.1, 0.15) is 42.7 Å². The Kier molecular flexibility index (Phi) is 4.51. The van der Waals surface area contributed by atoms with Gasteiger partial charge in [-0.3, -0.25) is 0 Å². The summed E-state index contributed by atoms with van der Waals surface area (Å²) in [6.45, 7) is 3.83. The summed E-state index contributed by atoms with van der Waals surface area (Å²) in [7, 11) is 0. The van der Waals surface area contributed by atoms with Crippen molar-refractivity contribution in [3.8, 4) is 5.88 Å². The Hall–Kier alpha value is -1.87.